The molecule has 2 aromatic rings. The van der Waals surface area contributed by atoms with Crippen molar-refractivity contribution in [3.63, 3.8) is 0 Å². The van der Waals surface area contributed by atoms with E-state index in [9.17, 15) is 9.59 Å². The first-order valence-corrected chi connectivity index (χ1v) is 14.2. The van der Waals surface area contributed by atoms with E-state index in [2.05, 4.69) is 19.1 Å². The van der Waals surface area contributed by atoms with E-state index in [1.807, 2.05) is 53.4 Å². The quantitative estimate of drug-likeness (QED) is 0.262. The number of hydrogen-bond acceptors (Lipinski definition) is 6. The number of benzene rings is 2. The molecule has 1 unspecified atom stereocenters. The number of likely N-dealkylation sites (tertiary alicyclic amines) is 1. The third kappa shape index (κ3) is 10.8. The molecule has 1 aliphatic carbocycles. The van der Waals surface area contributed by atoms with Crippen molar-refractivity contribution in [1.29, 1.82) is 0 Å². The van der Waals surface area contributed by atoms with Gasteiger partial charge in [0.15, 0.2) is 6.07 Å². The molecule has 1 saturated heterocycles. The van der Waals surface area contributed by atoms with E-state index in [0.29, 0.717) is 11.8 Å². The molecule has 3 atom stereocenters. The van der Waals surface area contributed by atoms with Crippen LogP contribution < -0.4 is 0 Å². The molecule has 7 nitrogen and oxygen atoms in total. The average molecular weight is 574 g/mol. The predicted molar refractivity (Wildman–Crippen MR) is 156 cm³/mol. The summed E-state index contributed by atoms with van der Waals surface area (Å²) in [6.45, 7) is 2.93. The van der Waals surface area contributed by atoms with E-state index in [-0.39, 0.29) is 43.7 Å². The molecule has 2 aromatic carbocycles. The molecule has 4 rings (SSSR count). The minimum absolute atomic E-state index is 0. The summed E-state index contributed by atoms with van der Waals surface area (Å²) in [6.07, 6.45) is 9.26. The van der Waals surface area contributed by atoms with Crippen molar-refractivity contribution in [2.75, 3.05) is 19.7 Å². The Morgan fingerprint density at radius 2 is 1.43 bits per heavy atom. The summed E-state index contributed by atoms with van der Waals surface area (Å²) in [5.41, 5.74) is 2.37. The summed E-state index contributed by atoms with van der Waals surface area (Å²) in [6, 6.07) is 20.5. The maximum atomic E-state index is 12.0. The van der Waals surface area contributed by atoms with Crippen LogP contribution in [-0.2, 0) is 23.9 Å². The smallest absolute Gasteiger partial charge is 0.411 e. The molecule has 0 spiro atoms. The number of ether oxygens (including phenoxy) is 2. The van der Waals surface area contributed by atoms with Crippen LogP contribution in [0.5, 0.6) is 0 Å². The Bertz CT molecular complexity index is 1010. The van der Waals surface area contributed by atoms with Crippen LogP contribution in [0.25, 0.3) is 0 Å². The van der Waals surface area contributed by atoms with Gasteiger partial charge in [-0.15, -0.1) is 0 Å². The van der Waals surface area contributed by atoms with Crippen LogP contribution in [0, 0.1) is 5.92 Å². The van der Waals surface area contributed by atoms with Gasteiger partial charge in [-0.05, 0) is 49.1 Å². The van der Waals surface area contributed by atoms with Gasteiger partial charge in [0.1, 0.15) is 0 Å². The van der Waals surface area contributed by atoms with Gasteiger partial charge in [0.2, 0.25) is 0 Å². The number of methoxy groups -OCH3 is 1. The van der Waals surface area contributed by atoms with E-state index in [1.54, 1.807) is 0 Å². The molecule has 2 fully saturated rings. The van der Waals surface area contributed by atoms with Gasteiger partial charge in [-0.3, -0.25) is 4.79 Å². The van der Waals surface area contributed by atoms with Crippen LogP contribution >= 0.6 is 11.6 Å². The minimum Gasteiger partial charge on any atom is -0.469 e. The van der Waals surface area contributed by atoms with Gasteiger partial charge in [-0.2, -0.15) is 9.59 Å². The number of esters is 1. The molecular formula is C32H44ClNO6. The van der Waals surface area contributed by atoms with Crippen molar-refractivity contribution in [2.24, 2.45) is 5.92 Å². The van der Waals surface area contributed by atoms with Crippen molar-refractivity contribution in [1.82, 2.24) is 4.90 Å². The fourth-order valence-corrected chi connectivity index (χ4v) is 5.76. The lowest BCUT2D eigenvalue weighted by atomic mass is 9.77. The van der Waals surface area contributed by atoms with Gasteiger partial charge < -0.3 is 14.4 Å². The van der Waals surface area contributed by atoms with Gasteiger partial charge >= 0.3 is 18.2 Å². The van der Waals surface area contributed by atoms with E-state index in [4.69, 9.17) is 30.7 Å². The van der Waals surface area contributed by atoms with Crippen molar-refractivity contribution >= 4 is 29.8 Å². The highest BCUT2D eigenvalue weighted by Crippen LogP contribution is 2.36. The summed E-state index contributed by atoms with van der Waals surface area (Å²) >= 11 is 5.49. The number of piperidine rings is 1. The van der Waals surface area contributed by atoms with Gasteiger partial charge in [0.25, 0.3) is 0 Å². The third-order valence-electron chi connectivity index (χ3n) is 7.60. The Kier molecular flexibility index (Phi) is 17.3. The second-order valence-corrected chi connectivity index (χ2v) is 10.1. The molecule has 0 radical (unpaired) electrons. The van der Waals surface area contributed by atoms with E-state index in [1.165, 1.54) is 31.9 Å². The number of rotatable bonds is 6. The first-order chi connectivity index (χ1) is 19.0. The van der Waals surface area contributed by atoms with Crippen molar-refractivity contribution in [3.8, 4) is 0 Å². The molecular weight excluding hydrogens is 530 g/mol. The topological polar surface area (TPSA) is 90.0 Å². The Hall–Kier alpha value is -3.15. The molecule has 8 heteroatoms. The maximum Gasteiger partial charge on any atom is 0.411 e. The number of alkyl halides is 1. The van der Waals surface area contributed by atoms with E-state index >= 15 is 0 Å². The van der Waals surface area contributed by atoms with Crippen molar-refractivity contribution in [3.05, 3.63) is 71.8 Å². The van der Waals surface area contributed by atoms with Crippen LogP contribution in [-0.4, -0.2) is 48.9 Å². The molecule has 1 saturated carbocycles. The second kappa shape index (κ2) is 19.8. The fraction of sp³-hybridized carbons (Fsp3) is 0.531. The first-order valence-electron chi connectivity index (χ1n) is 13.6. The molecule has 0 aromatic heterocycles. The predicted octanol–water partition coefficient (Wildman–Crippen LogP) is 7.55. The highest BCUT2D eigenvalue weighted by molar-refractivity contribution is 6.17. The van der Waals surface area contributed by atoms with Crippen LogP contribution in [0.3, 0.4) is 0 Å². The Balaban J connectivity index is 0.000000358. The Labute approximate surface area is 244 Å². The van der Waals surface area contributed by atoms with Crippen LogP contribution in [0.4, 0.5) is 4.79 Å². The zero-order valence-electron chi connectivity index (χ0n) is 22.9. The highest BCUT2D eigenvalue weighted by Gasteiger charge is 2.33. The van der Waals surface area contributed by atoms with Gasteiger partial charge in [0.05, 0.1) is 13.0 Å². The Morgan fingerprint density at radius 3 is 1.95 bits per heavy atom. The second-order valence-electron chi connectivity index (χ2n) is 9.87. The number of carbonyl (C=O) groups excluding carboxylic acids is 4. The highest BCUT2D eigenvalue weighted by atomic mass is 35.5. The van der Waals surface area contributed by atoms with Crippen molar-refractivity contribution < 1.29 is 28.7 Å². The fourth-order valence-electron chi connectivity index (χ4n) is 5.67. The SMILES string of the molecule is C.COC(=O)[C@H](c1ccccc1)C1CCCCC1.C[C@H](c1ccccc1)C1CCCCN1C(=O)OCCl.O=C=O. The largest absolute Gasteiger partial charge is 0.469 e. The number of hydrogen-bond donors (Lipinski definition) is 0. The molecule has 1 heterocycles. The lowest BCUT2D eigenvalue weighted by Gasteiger charge is -2.38. The summed E-state index contributed by atoms with van der Waals surface area (Å²) in [5.74, 6) is 0.618. The van der Waals surface area contributed by atoms with Crippen LogP contribution in [0.2, 0.25) is 0 Å². The standard InChI is InChI=1S/C15H20ClNO2.C15H20O2.CO2.CH4/c1-12(13-7-3-2-4-8-13)14-9-5-6-10-17(14)15(18)19-11-16;1-17-15(16)14(12-8-4-2-5-9-12)13-10-6-3-7-11-13;2-1-3;/h2-4,7-8,12,14H,5-6,9-11H2,1H3;2,4-5,8-9,13-14H,3,6-7,10-11H2,1H3;;1H4/t12-,14?;14-;;/m11../s1. The molecule has 0 bridgehead atoms. The number of carbonyl (C=O) groups is 2. The molecule has 2 aliphatic rings. The minimum atomic E-state index is -0.289. The maximum absolute atomic E-state index is 12.0. The number of nitrogens with zero attached hydrogens (tertiary/aromatic N) is 1. The molecule has 220 valence electrons. The lowest BCUT2D eigenvalue weighted by molar-refractivity contribution is -0.191. The van der Waals surface area contributed by atoms with Gasteiger partial charge in [-0.1, -0.05) is 106 Å². The lowest BCUT2D eigenvalue weighted by Crippen LogP contribution is -2.46. The molecule has 1 amide bonds. The Morgan fingerprint density at radius 1 is 0.900 bits per heavy atom. The average Bonchev–Trinajstić information content (AvgIpc) is 2.99. The summed E-state index contributed by atoms with van der Waals surface area (Å²) in [5, 5.41) is 0. The first kappa shape index (κ1) is 34.9. The summed E-state index contributed by atoms with van der Waals surface area (Å²) < 4.78 is 9.93. The molecule has 0 N–H and O–H groups in total. The van der Waals surface area contributed by atoms with Crippen LogP contribution in [0.15, 0.2) is 60.7 Å². The van der Waals surface area contributed by atoms with E-state index in [0.717, 1.165) is 44.2 Å². The zero-order chi connectivity index (χ0) is 28.5. The third-order valence-corrected chi connectivity index (χ3v) is 7.71. The van der Waals surface area contributed by atoms with Gasteiger partial charge in [-0.25, -0.2) is 4.79 Å². The van der Waals surface area contributed by atoms with E-state index < -0.39 is 0 Å². The number of amides is 1. The number of halogens is 1. The van der Waals surface area contributed by atoms with Crippen LogP contribution in [0.1, 0.15) is 88.7 Å². The molecule has 40 heavy (non-hydrogen) atoms. The summed E-state index contributed by atoms with van der Waals surface area (Å²) in [7, 11) is 1.49. The van der Waals surface area contributed by atoms with Gasteiger partial charge in [0, 0.05) is 18.5 Å². The normalized spacial score (nSPS) is 18.1. The molecule has 1 aliphatic heterocycles. The monoisotopic (exact) mass is 573 g/mol. The van der Waals surface area contributed by atoms with Crippen molar-refractivity contribution in [2.45, 2.75) is 83.6 Å². The zero-order valence-corrected chi connectivity index (χ0v) is 23.7. The summed E-state index contributed by atoms with van der Waals surface area (Å²) in [4.78, 5) is 42.0.